The maximum Gasteiger partial charge on any atom is 0.133 e. The quantitative estimate of drug-likeness (QED) is 0.794. The first-order chi connectivity index (χ1) is 9.43. The monoisotopic (exact) mass is 292 g/mol. The summed E-state index contributed by atoms with van der Waals surface area (Å²) in [6.07, 6.45) is 2.40. The summed E-state index contributed by atoms with van der Waals surface area (Å²) in [7, 11) is 2.78. The van der Waals surface area contributed by atoms with Crippen molar-refractivity contribution in [2.75, 3.05) is 18.4 Å². The first-order valence-corrected chi connectivity index (χ1v) is 8.79. The molecule has 1 aromatic rings. The van der Waals surface area contributed by atoms with E-state index in [9.17, 15) is 4.79 Å². The first kappa shape index (κ1) is 15.4. The van der Waals surface area contributed by atoms with E-state index in [0.29, 0.717) is 32.8 Å². The Balaban J connectivity index is 2.43. The topological polar surface area (TPSA) is 33.2 Å². The van der Waals surface area contributed by atoms with E-state index in [1.54, 1.807) is 0 Å². The summed E-state index contributed by atoms with van der Waals surface area (Å²) in [6.45, 7) is 8.70. The number of pyridine rings is 1. The number of carbonyl (C=O) groups is 1. The normalized spacial score (nSPS) is 23.6. The van der Waals surface area contributed by atoms with Crippen LogP contribution in [0.3, 0.4) is 0 Å². The summed E-state index contributed by atoms with van der Waals surface area (Å²) >= 11 is 0. The molecule has 0 N–H and O–H groups in total. The number of hydrogen-bond donors (Lipinski definition) is 0. The third-order valence-electron chi connectivity index (χ3n) is 4.60. The Hall–Kier alpha value is -0.950. The molecule has 2 rings (SSSR count). The van der Waals surface area contributed by atoms with E-state index in [0.717, 1.165) is 24.4 Å². The maximum atomic E-state index is 11.8. The van der Waals surface area contributed by atoms with Gasteiger partial charge >= 0.3 is 0 Å². The predicted molar refractivity (Wildman–Crippen MR) is 87.1 cm³/mol. The van der Waals surface area contributed by atoms with Gasteiger partial charge in [0.15, 0.2) is 0 Å². The summed E-state index contributed by atoms with van der Waals surface area (Å²) in [5.41, 5.74) is 3.68. The molecule has 0 bridgehead atoms. The van der Waals surface area contributed by atoms with Crippen molar-refractivity contribution in [3.05, 3.63) is 22.9 Å². The fourth-order valence-corrected chi connectivity index (χ4v) is 3.24. The molecule has 110 valence electrons. The van der Waals surface area contributed by atoms with Gasteiger partial charge in [-0.3, -0.25) is 4.79 Å². The van der Waals surface area contributed by atoms with Crippen LogP contribution in [0.5, 0.6) is 0 Å². The number of aryl methyl sites for hydroxylation is 1. The molecule has 1 saturated carbocycles. The molecule has 20 heavy (non-hydrogen) atoms. The Kier molecular flexibility index (Phi) is 4.80. The molecule has 0 spiro atoms. The van der Waals surface area contributed by atoms with Crippen LogP contribution in [0.2, 0.25) is 0 Å². The van der Waals surface area contributed by atoms with Gasteiger partial charge in [-0.25, -0.2) is 4.98 Å². The molecule has 1 aliphatic carbocycles. The Bertz CT molecular complexity index is 515. The highest BCUT2D eigenvalue weighted by atomic mass is 31.1. The number of Topliss-reactive ketones (excluding diaryl/α,β-unsaturated/α-hetero) is 1. The lowest BCUT2D eigenvalue weighted by Gasteiger charge is -2.30. The summed E-state index contributed by atoms with van der Waals surface area (Å²) in [5, 5.41) is 0. The number of ketones is 1. The maximum absolute atomic E-state index is 11.8. The van der Waals surface area contributed by atoms with Gasteiger partial charge in [-0.05, 0) is 58.8 Å². The Morgan fingerprint density at radius 2 is 2.10 bits per heavy atom. The zero-order chi connectivity index (χ0) is 14.9. The van der Waals surface area contributed by atoms with Crippen molar-refractivity contribution in [3.63, 3.8) is 0 Å². The van der Waals surface area contributed by atoms with Gasteiger partial charge in [-0.1, -0.05) is 6.92 Å². The molecule has 0 aromatic carbocycles. The average molecular weight is 292 g/mol. The molecule has 3 nitrogen and oxygen atoms in total. The summed E-state index contributed by atoms with van der Waals surface area (Å²) < 4.78 is 2.19. The van der Waals surface area contributed by atoms with Gasteiger partial charge in [0.1, 0.15) is 11.6 Å². The highest BCUT2D eigenvalue weighted by Crippen LogP contribution is 2.38. The highest BCUT2D eigenvalue weighted by molar-refractivity contribution is 7.39. The molecule has 1 heterocycles. The van der Waals surface area contributed by atoms with E-state index in [1.165, 1.54) is 11.1 Å². The molecule has 1 aromatic heterocycles. The molecule has 1 aliphatic rings. The van der Waals surface area contributed by atoms with Gasteiger partial charge < -0.3 is 4.67 Å². The summed E-state index contributed by atoms with van der Waals surface area (Å²) in [4.78, 5) is 16.7. The number of carbonyl (C=O) groups excluding carboxylic acids is 1. The number of hydrogen-bond acceptors (Lipinski definition) is 3. The summed E-state index contributed by atoms with van der Waals surface area (Å²) in [6, 6.07) is 2.16. The number of anilines is 1. The van der Waals surface area contributed by atoms with E-state index in [2.05, 4.69) is 45.2 Å². The second-order valence-corrected chi connectivity index (χ2v) is 7.07. The largest absolute Gasteiger partial charge is 0.342 e. The number of aromatic nitrogens is 1. The van der Waals surface area contributed by atoms with Crippen LogP contribution in [-0.2, 0) is 4.79 Å². The molecule has 4 heteroatoms. The SMILES string of the molecule is CPN(C)c1cc(C)c(C)c(C2CC(=O)CCC2C)n1. The van der Waals surface area contributed by atoms with Crippen LogP contribution in [0.4, 0.5) is 5.82 Å². The van der Waals surface area contributed by atoms with E-state index in [-0.39, 0.29) is 0 Å². The van der Waals surface area contributed by atoms with Crippen molar-refractivity contribution in [3.8, 4) is 0 Å². The molecular formula is C16H25N2OP. The number of nitrogens with zero attached hydrogens (tertiary/aromatic N) is 2. The molecule has 3 unspecified atom stereocenters. The smallest absolute Gasteiger partial charge is 0.133 e. The fraction of sp³-hybridized carbons (Fsp3) is 0.625. The molecule has 3 atom stereocenters. The third kappa shape index (κ3) is 3.03. The number of rotatable bonds is 3. The minimum atomic E-state index is 0.295. The van der Waals surface area contributed by atoms with Crippen LogP contribution < -0.4 is 4.67 Å². The average Bonchev–Trinajstić information content (AvgIpc) is 2.43. The van der Waals surface area contributed by atoms with Gasteiger partial charge in [-0.2, -0.15) is 0 Å². The van der Waals surface area contributed by atoms with Crippen LogP contribution in [0.1, 0.15) is 48.9 Å². The van der Waals surface area contributed by atoms with Crippen molar-refractivity contribution in [2.45, 2.75) is 46.0 Å². The Morgan fingerprint density at radius 3 is 2.75 bits per heavy atom. The minimum Gasteiger partial charge on any atom is -0.342 e. The molecular weight excluding hydrogens is 267 g/mol. The van der Waals surface area contributed by atoms with Crippen molar-refractivity contribution >= 4 is 20.3 Å². The molecule has 0 aliphatic heterocycles. The highest BCUT2D eigenvalue weighted by Gasteiger charge is 2.30. The molecule has 0 amide bonds. The summed E-state index contributed by atoms with van der Waals surface area (Å²) in [5.74, 6) is 2.27. The molecule has 1 fully saturated rings. The fourth-order valence-electron chi connectivity index (χ4n) is 2.90. The lowest BCUT2D eigenvalue weighted by Crippen LogP contribution is -2.23. The van der Waals surface area contributed by atoms with Gasteiger partial charge in [0, 0.05) is 31.5 Å². The van der Waals surface area contributed by atoms with Crippen molar-refractivity contribution in [1.29, 1.82) is 0 Å². The molecule has 0 saturated heterocycles. The standard InChI is InChI=1S/C16H25N2OP/c1-10-6-7-13(19)9-14(10)16-12(3)11(2)8-15(17-16)18(4)20-5/h8,10,14,20H,6-7,9H2,1-5H3. The van der Waals surface area contributed by atoms with Gasteiger partial charge in [0.25, 0.3) is 0 Å². The Morgan fingerprint density at radius 1 is 1.40 bits per heavy atom. The van der Waals surface area contributed by atoms with Crippen molar-refractivity contribution in [2.24, 2.45) is 5.92 Å². The first-order valence-electron chi connectivity index (χ1n) is 7.35. The van der Waals surface area contributed by atoms with E-state index in [1.807, 2.05) is 0 Å². The van der Waals surface area contributed by atoms with Crippen molar-refractivity contribution < 1.29 is 4.79 Å². The van der Waals surface area contributed by atoms with Crippen LogP contribution in [0, 0.1) is 19.8 Å². The predicted octanol–water partition coefficient (Wildman–Crippen LogP) is 3.83. The minimum absolute atomic E-state index is 0.295. The van der Waals surface area contributed by atoms with Crippen LogP contribution in [-0.4, -0.2) is 24.5 Å². The third-order valence-corrected chi connectivity index (χ3v) is 5.50. The lowest BCUT2D eigenvalue weighted by molar-refractivity contribution is -0.121. The van der Waals surface area contributed by atoms with Crippen molar-refractivity contribution in [1.82, 2.24) is 4.98 Å². The van der Waals surface area contributed by atoms with E-state index < -0.39 is 0 Å². The Labute approximate surface area is 124 Å². The zero-order valence-electron chi connectivity index (χ0n) is 13.2. The van der Waals surface area contributed by atoms with Gasteiger partial charge in [0.2, 0.25) is 0 Å². The van der Waals surface area contributed by atoms with Crippen LogP contribution >= 0.6 is 8.73 Å². The van der Waals surface area contributed by atoms with E-state index >= 15 is 0 Å². The zero-order valence-corrected chi connectivity index (χ0v) is 14.2. The molecule has 0 radical (unpaired) electrons. The van der Waals surface area contributed by atoms with Crippen LogP contribution in [0.15, 0.2) is 6.07 Å². The second-order valence-electron chi connectivity index (χ2n) is 5.96. The second kappa shape index (κ2) is 6.22. The lowest BCUT2D eigenvalue weighted by atomic mass is 9.76. The van der Waals surface area contributed by atoms with Gasteiger partial charge in [-0.15, -0.1) is 0 Å². The van der Waals surface area contributed by atoms with Gasteiger partial charge in [0.05, 0.1) is 0 Å². The van der Waals surface area contributed by atoms with E-state index in [4.69, 9.17) is 4.98 Å². The van der Waals surface area contributed by atoms with Crippen LogP contribution in [0.25, 0.3) is 0 Å².